The van der Waals surface area contributed by atoms with E-state index in [0.29, 0.717) is 22.2 Å². The number of hydrogen-bond acceptors (Lipinski definition) is 3. The smallest absolute Gasteiger partial charge is 0.306 e. The number of fused-ring (bicyclic) bond motifs is 1. The average molecular weight is 301 g/mol. The molecule has 0 spiro atoms. The van der Waals surface area contributed by atoms with Crippen LogP contribution in [0, 0.1) is 0 Å². The van der Waals surface area contributed by atoms with Crippen LogP contribution in [-0.2, 0) is 14.9 Å². The second kappa shape index (κ2) is 5.14. The lowest BCUT2D eigenvalue weighted by Crippen LogP contribution is -2.24. The molecular formula is C14H14Cl2O3. The van der Waals surface area contributed by atoms with Crippen LogP contribution < -0.4 is 0 Å². The van der Waals surface area contributed by atoms with Gasteiger partial charge in [-0.15, -0.1) is 0 Å². The molecule has 1 unspecified atom stereocenters. The lowest BCUT2D eigenvalue weighted by molar-refractivity contribution is -0.144. The Kier molecular flexibility index (Phi) is 3.88. The first kappa shape index (κ1) is 14.4. The lowest BCUT2D eigenvalue weighted by atomic mass is 9.81. The van der Waals surface area contributed by atoms with E-state index in [2.05, 4.69) is 0 Å². The van der Waals surface area contributed by atoms with Crippen LogP contribution in [0.2, 0.25) is 10.0 Å². The molecule has 0 fully saturated rings. The van der Waals surface area contributed by atoms with E-state index in [1.807, 2.05) is 6.92 Å². The van der Waals surface area contributed by atoms with Crippen LogP contribution in [-0.4, -0.2) is 18.4 Å². The highest BCUT2D eigenvalue weighted by molar-refractivity contribution is 6.42. The number of carbonyl (C=O) groups excluding carboxylic acids is 2. The van der Waals surface area contributed by atoms with E-state index >= 15 is 0 Å². The zero-order valence-electron chi connectivity index (χ0n) is 10.8. The zero-order chi connectivity index (χ0) is 14.2. The topological polar surface area (TPSA) is 43.4 Å². The number of hydrogen-bond donors (Lipinski definition) is 0. The van der Waals surface area contributed by atoms with Crippen LogP contribution in [0.3, 0.4) is 0 Å². The molecule has 0 heterocycles. The highest BCUT2D eigenvalue weighted by Gasteiger charge is 2.42. The molecule has 102 valence electrons. The summed E-state index contributed by atoms with van der Waals surface area (Å²) in [5.41, 5.74) is 0.772. The Balaban J connectivity index is 2.40. The summed E-state index contributed by atoms with van der Waals surface area (Å²) >= 11 is 11.9. The van der Waals surface area contributed by atoms with Gasteiger partial charge < -0.3 is 4.74 Å². The second-order valence-corrected chi connectivity index (χ2v) is 5.77. The van der Waals surface area contributed by atoms with E-state index < -0.39 is 5.41 Å². The highest BCUT2D eigenvalue weighted by atomic mass is 35.5. The third-order valence-electron chi connectivity index (χ3n) is 3.40. The Morgan fingerprint density at radius 3 is 2.63 bits per heavy atom. The van der Waals surface area contributed by atoms with Crippen LogP contribution in [0.4, 0.5) is 0 Å². The summed E-state index contributed by atoms with van der Waals surface area (Å²) in [7, 11) is 0. The number of rotatable bonds is 3. The molecule has 1 aromatic rings. The maximum absolute atomic E-state index is 12.0. The van der Waals surface area contributed by atoms with Crippen molar-refractivity contribution in [3.63, 3.8) is 0 Å². The van der Waals surface area contributed by atoms with Crippen molar-refractivity contribution in [1.82, 2.24) is 0 Å². The van der Waals surface area contributed by atoms with Crippen molar-refractivity contribution in [2.45, 2.75) is 32.1 Å². The molecule has 0 amide bonds. The Morgan fingerprint density at radius 2 is 2.00 bits per heavy atom. The fraction of sp³-hybridized carbons (Fsp3) is 0.429. The van der Waals surface area contributed by atoms with Crippen LogP contribution in [0.15, 0.2) is 12.1 Å². The van der Waals surface area contributed by atoms with Gasteiger partial charge in [0.05, 0.1) is 23.1 Å². The molecule has 1 atom stereocenters. The predicted molar refractivity (Wildman–Crippen MR) is 74.0 cm³/mol. The fourth-order valence-corrected chi connectivity index (χ4v) is 2.84. The molecular weight excluding hydrogens is 287 g/mol. The van der Waals surface area contributed by atoms with Crippen molar-refractivity contribution >= 4 is 35.0 Å². The van der Waals surface area contributed by atoms with Gasteiger partial charge in [0.2, 0.25) is 0 Å². The number of carbonyl (C=O) groups is 2. The number of ether oxygens (including phenoxy) is 1. The number of esters is 1. The van der Waals surface area contributed by atoms with Crippen LogP contribution in [0.1, 0.15) is 42.6 Å². The van der Waals surface area contributed by atoms with Crippen LogP contribution in [0.25, 0.3) is 0 Å². The van der Waals surface area contributed by atoms with Gasteiger partial charge in [0.25, 0.3) is 0 Å². The molecule has 0 aromatic heterocycles. The summed E-state index contributed by atoms with van der Waals surface area (Å²) in [5.74, 6) is -0.322. The van der Waals surface area contributed by atoms with Crippen molar-refractivity contribution in [1.29, 1.82) is 0 Å². The summed E-state index contributed by atoms with van der Waals surface area (Å²) in [6.07, 6.45) is 0.440. The van der Waals surface area contributed by atoms with Gasteiger partial charge in [0.1, 0.15) is 0 Å². The number of ketones is 1. The molecule has 1 aromatic carbocycles. The first-order chi connectivity index (χ1) is 8.87. The van der Waals surface area contributed by atoms with Crippen molar-refractivity contribution in [3.8, 4) is 0 Å². The predicted octanol–water partition coefficient (Wildman–Crippen LogP) is 3.79. The summed E-state index contributed by atoms with van der Waals surface area (Å²) in [5, 5.41) is 0.749. The van der Waals surface area contributed by atoms with Crippen molar-refractivity contribution in [2.75, 3.05) is 6.61 Å². The molecule has 0 N–H and O–H groups in total. The molecule has 5 heteroatoms. The first-order valence-electron chi connectivity index (χ1n) is 6.06. The minimum Gasteiger partial charge on any atom is -0.466 e. The summed E-state index contributed by atoms with van der Waals surface area (Å²) in [6.45, 7) is 3.96. The van der Waals surface area contributed by atoms with Gasteiger partial charge in [-0.1, -0.05) is 30.1 Å². The third-order valence-corrected chi connectivity index (χ3v) is 4.12. The van der Waals surface area contributed by atoms with Crippen LogP contribution >= 0.6 is 23.2 Å². The van der Waals surface area contributed by atoms with E-state index in [4.69, 9.17) is 27.9 Å². The maximum Gasteiger partial charge on any atom is 0.306 e. The summed E-state index contributed by atoms with van der Waals surface area (Å²) in [4.78, 5) is 23.7. The summed E-state index contributed by atoms with van der Waals surface area (Å²) in [6, 6.07) is 3.27. The molecule has 0 saturated carbocycles. The molecule has 0 radical (unpaired) electrons. The fourth-order valence-electron chi connectivity index (χ4n) is 2.51. The molecule has 19 heavy (non-hydrogen) atoms. The zero-order valence-corrected chi connectivity index (χ0v) is 12.3. The number of halogens is 2. The van der Waals surface area contributed by atoms with Gasteiger partial charge in [-0.3, -0.25) is 9.59 Å². The molecule has 1 aliphatic carbocycles. The first-order valence-corrected chi connectivity index (χ1v) is 6.81. The quantitative estimate of drug-likeness (QED) is 0.798. The third kappa shape index (κ3) is 2.63. The normalized spacial score (nSPS) is 21.4. The molecule has 3 nitrogen and oxygen atoms in total. The van der Waals surface area contributed by atoms with Gasteiger partial charge in [0, 0.05) is 17.4 Å². The van der Waals surface area contributed by atoms with Crippen molar-refractivity contribution in [3.05, 3.63) is 33.3 Å². The molecule has 0 saturated heterocycles. The van der Waals surface area contributed by atoms with Gasteiger partial charge >= 0.3 is 5.97 Å². The lowest BCUT2D eigenvalue weighted by Gasteiger charge is -2.23. The van der Waals surface area contributed by atoms with E-state index in [1.54, 1.807) is 19.1 Å². The molecule has 0 aliphatic heterocycles. The van der Waals surface area contributed by atoms with E-state index in [1.165, 1.54) is 0 Å². The minimum atomic E-state index is -0.563. The standard InChI is InChI=1S/C14H14Cl2O3/c1-3-19-13(18)7-14(2)6-12(17)8-4-10(15)11(16)5-9(8)14/h4-5H,3,6-7H2,1-2H3. The average Bonchev–Trinajstić information content (AvgIpc) is 2.52. The SMILES string of the molecule is CCOC(=O)CC1(C)CC(=O)c2cc(Cl)c(Cl)cc21. The minimum absolute atomic E-state index is 0.0136. The highest BCUT2D eigenvalue weighted by Crippen LogP contribution is 2.44. The maximum atomic E-state index is 12.0. The molecule has 0 bridgehead atoms. The van der Waals surface area contributed by atoms with E-state index in [-0.39, 0.29) is 24.6 Å². The Bertz CT molecular complexity index is 554. The summed E-state index contributed by atoms with van der Waals surface area (Å²) < 4.78 is 4.96. The van der Waals surface area contributed by atoms with Crippen molar-refractivity contribution in [2.24, 2.45) is 0 Å². The van der Waals surface area contributed by atoms with E-state index in [0.717, 1.165) is 5.56 Å². The Labute approximate surface area is 121 Å². The Hall–Kier alpha value is -1.06. The van der Waals surface area contributed by atoms with E-state index in [9.17, 15) is 9.59 Å². The monoisotopic (exact) mass is 300 g/mol. The molecule has 1 aliphatic rings. The van der Waals surface area contributed by atoms with Crippen molar-refractivity contribution < 1.29 is 14.3 Å². The van der Waals surface area contributed by atoms with Gasteiger partial charge in [0.15, 0.2) is 5.78 Å². The number of Topliss-reactive ketones (excluding diaryl/α,β-unsaturated/α-hetero) is 1. The second-order valence-electron chi connectivity index (χ2n) is 4.95. The van der Waals surface area contributed by atoms with Gasteiger partial charge in [-0.05, 0) is 24.6 Å². The van der Waals surface area contributed by atoms with Gasteiger partial charge in [-0.2, -0.15) is 0 Å². The number of benzene rings is 1. The van der Waals surface area contributed by atoms with Gasteiger partial charge in [-0.25, -0.2) is 0 Å². The molecule has 2 rings (SSSR count). The largest absolute Gasteiger partial charge is 0.466 e. The Morgan fingerprint density at radius 1 is 1.37 bits per heavy atom. The van der Waals surface area contributed by atoms with Crippen LogP contribution in [0.5, 0.6) is 0 Å².